The summed E-state index contributed by atoms with van der Waals surface area (Å²) in [6.07, 6.45) is 1.56. The van der Waals surface area contributed by atoms with Gasteiger partial charge in [-0.05, 0) is 18.2 Å². The number of piperazine rings is 1. The summed E-state index contributed by atoms with van der Waals surface area (Å²) < 4.78 is 0. The van der Waals surface area contributed by atoms with E-state index < -0.39 is 6.04 Å². The van der Waals surface area contributed by atoms with Gasteiger partial charge in [-0.15, -0.1) is 0 Å². The number of carbonyl (C=O) groups is 2. The number of pyridine rings is 1. The van der Waals surface area contributed by atoms with E-state index in [1.807, 2.05) is 0 Å². The molecule has 1 aliphatic rings. The number of nitrogens with zero attached hydrogens (tertiary/aromatic N) is 2. The molecule has 0 saturated carbocycles. The number of rotatable bonds is 2. The lowest BCUT2D eigenvalue weighted by molar-refractivity contribution is -0.128. The zero-order valence-corrected chi connectivity index (χ0v) is 12.5. The van der Waals surface area contributed by atoms with E-state index in [4.69, 9.17) is 11.6 Å². The fraction of sp³-hybridized carbons (Fsp3) is 0.188. The third kappa shape index (κ3) is 2.67. The van der Waals surface area contributed by atoms with Crippen LogP contribution in [0.1, 0.15) is 22.1 Å². The lowest BCUT2D eigenvalue weighted by atomic mass is 10.0. The van der Waals surface area contributed by atoms with Crippen LogP contribution in [-0.2, 0) is 4.79 Å². The monoisotopic (exact) mass is 315 g/mol. The van der Waals surface area contributed by atoms with Crippen LogP contribution in [0.25, 0.3) is 0 Å². The van der Waals surface area contributed by atoms with E-state index in [1.54, 1.807) is 48.7 Å². The standard InChI is InChI=1S/C16H14ClN3O2/c17-12-6-2-1-5-11(12)14-15(21)19-9-10-20(14)16(22)13-7-3-4-8-18-13/h1-8,14H,9-10H2,(H,19,21)/t14-/m1/s1. The summed E-state index contributed by atoms with van der Waals surface area (Å²) in [7, 11) is 0. The van der Waals surface area contributed by atoms with E-state index in [0.29, 0.717) is 29.4 Å². The SMILES string of the molecule is O=C1NCCN(C(=O)c2ccccn2)[C@@H]1c1ccccc1Cl. The van der Waals surface area contributed by atoms with Gasteiger partial charge in [-0.2, -0.15) is 0 Å². The Balaban J connectivity index is 1.99. The molecular formula is C16H14ClN3O2. The van der Waals surface area contributed by atoms with Gasteiger partial charge in [0.15, 0.2) is 0 Å². The van der Waals surface area contributed by atoms with Gasteiger partial charge >= 0.3 is 0 Å². The summed E-state index contributed by atoms with van der Waals surface area (Å²) in [6.45, 7) is 0.829. The molecule has 22 heavy (non-hydrogen) atoms. The first-order valence-corrected chi connectivity index (χ1v) is 7.30. The molecule has 5 nitrogen and oxygen atoms in total. The van der Waals surface area contributed by atoms with Gasteiger partial charge in [0.05, 0.1) is 0 Å². The smallest absolute Gasteiger partial charge is 0.273 e. The van der Waals surface area contributed by atoms with Gasteiger partial charge in [0, 0.05) is 29.9 Å². The van der Waals surface area contributed by atoms with Crippen molar-refractivity contribution in [3.05, 3.63) is 64.9 Å². The largest absolute Gasteiger partial charge is 0.352 e. The first-order valence-electron chi connectivity index (χ1n) is 6.92. The van der Waals surface area contributed by atoms with Crippen molar-refractivity contribution in [1.29, 1.82) is 0 Å². The highest BCUT2D eigenvalue weighted by Crippen LogP contribution is 2.30. The molecular weight excluding hydrogens is 302 g/mol. The molecule has 0 unspecified atom stereocenters. The molecule has 0 radical (unpaired) electrons. The Hall–Kier alpha value is -2.40. The molecule has 1 N–H and O–H groups in total. The zero-order valence-electron chi connectivity index (χ0n) is 11.7. The van der Waals surface area contributed by atoms with Crippen LogP contribution in [0.3, 0.4) is 0 Å². The fourth-order valence-corrected chi connectivity index (χ4v) is 2.77. The Morgan fingerprint density at radius 3 is 2.73 bits per heavy atom. The van der Waals surface area contributed by atoms with Gasteiger partial charge in [0.25, 0.3) is 5.91 Å². The minimum atomic E-state index is -0.739. The van der Waals surface area contributed by atoms with Gasteiger partial charge < -0.3 is 10.2 Å². The van der Waals surface area contributed by atoms with Crippen LogP contribution in [0.5, 0.6) is 0 Å². The topological polar surface area (TPSA) is 62.3 Å². The molecule has 0 aliphatic carbocycles. The Labute approximate surface area is 132 Å². The van der Waals surface area contributed by atoms with Crippen LogP contribution >= 0.6 is 11.6 Å². The van der Waals surface area contributed by atoms with Crippen molar-refractivity contribution in [3.63, 3.8) is 0 Å². The van der Waals surface area contributed by atoms with Gasteiger partial charge in [0.2, 0.25) is 5.91 Å². The predicted molar refractivity (Wildman–Crippen MR) is 82.5 cm³/mol. The molecule has 1 saturated heterocycles. The first kappa shape index (κ1) is 14.5. The third-order valence-electron chi connectivity index (χ3n) is 3.56. The third-order valence-corrected chi connectivity index (χ3v) is 3.90. The molecule has 112 valence electrons. The summed E-state index contributed by atoms with van der Waals surface area (Å²) in [5, 5.41) is 3.24. The first-order chi connectivity index (χ1) is 10.7. The van der Waals surface area contributed by atoms with E-state index in [2.05, 4.69) is 10.3 Å². The number of carbonyl (C=O) groups excluding carboxylic acids is 2. The van der Waals surface area contributed by atoms with E-state index in [-0.39, 0.29) is 11.8 Å². The molecule has 2 heterocycles. The molecule has 6 heteroatoms. The normalized spacial score (nSPS) is 18.0. The van der Waals surface area contributed by atoms with E-state index >= 15 is 0 Å². The average Bonchev–Trinajstić information content (AvgIpc) is 2.56. The number of hydrogen-bond acceptors (Lipinski definition) is 3. The Bertz CT molecular complexity index is 706. The van der Waals surface area contributed by atoms with E-state index in [9.17, 15) is 9.59 Å². The molecule has 0 bridgehead atoms. The number of hydrogen-bond donors (Lipinski definition) is 1. The highest BCUT2D eigenvalue weighted by molar-refractivity contribution is 6.31. The number of benzene rings is 1. The lowest BCUT2D eigenvalue weighted by Crippen LogP contribution is -2.52. The maximum absolute atomic E-state index is 12.7. The summed E-state index contributed by atoms with van der Waals surface area (Å²) in [6, 6.07) is 11.4. The van der Waals surface area contributed by atoms with Crippen LogP contribution in [-0.4, -0.2) is 34.8 Å². The minimum Gasteiger partial charge on any atom is -0.352 e. The second-order valence-corrected chi connectivity index (χ2v) is 5.34. The molecule has 1 fully saturated rings. The zero-order chi connectivity index (χ0) is 15.5. The van der Waals surface area contributed by atoms with Gasteiger partial charge in [-0.25, -0.2) is 0 Å². The second-order valence-electron chi connectivity index (χ2n) is 4.93. The van der Waals surface area contributed by atoms with Crippen molar-refractivity contribution in [3.8, 4) is 0 Å². The van der Waals surface area contributed by atoms with Crippen molar-refractivity contribution >= 4 is 23.4 Å². The molecule has 1 aliphatic heterocycles. The predicted octanol–water partition coefficient (Wildman–Crippen LogP) is 2.05. The lowest BCUT2D eigenvalue weighted by Gasteiger charge is -2.35. The molecule has 2 amide bonds. The van der Waals surface area contributed by atoms with Crippen LogP contribution in [0, 0.1) is 0 Å². The van der Waals surface area contributed by atoms with Crippen LogP contribution < -0.4 is 5.32 Å². The second kappa shape index (κ2) is 6.15. The number of halogens is 1. The van der Waals surface area contributed by atoms with E-state index in [1.165, 1.54) is 4.90 Å². The van der Waals surface area contributed by atoms with Gasteiger partial charge in [0.1, 0.15) is 11.7 Å². The Kier molecular flexibility index (Phi) is 4.06. The van der Waals surface area contributed by atoms with Crippen LogP contribution in [0.2, 0.25) is 5.02 Å². The minimum absolute atomic E-state index is 0.233. The highest BCUT2D eigenvalue weighted by atomic mass is 35.5. The number of aromatic nitrogens is 1. The summed E-state index contributed by atoms with van der Waals surface area (Å²) in [4.78, 5) is 30.6. The van der Waals surface area contributed by atoms with Crippen molar-refractivity contribution in [2.75, 3.05) is 13.1 Å². The van der Waals surface area contributed by atoms with Crippen LogP contribution in [0.4, 0.5) is 0 Å². The maximum atomic E-state index is 12.7. The van der Waals surface area contributed by atoms with Gasteiger partial charge in [-0.3, -0.25) is 14.6 Å². The quantitative estimate of drug-likeness (QED) is 0.922. The van der Waals surface area contributed by atoms with Crippen LogP contribution in [0.15, 0.2) is 48.7 Å². The maximum Gasteiger partial charge on any atom is 0.273 e. The average molecular weight is 316 g/mol. The molecule has 1 aromatic heterocycles. The summed E-state index contributed by atoms with van der Waals surface area (Å²) in [5.74, 6) is -0.510. The Morgan fingerprint density at radius 2 is 2.00 bits per heavy atom. The Morgan fingerprint density at radius 1 is 1.23 bits per heavy atom. The molecule has 1 atom stereocenters. The molecule has 0 spiro atoms. The number of amides is 2. The van der Waals surface area contributed by atoms with Crippen molar-refractivity contribution in [2.24, 2.45) is 0 Å². The van der Waals surface area contributed by atoms with Crippen molar-refractivity contribution in [2.45, 2.75) is 6.04 Å². The molecule has 1 aromatic carbocycles. The van der Waals surface area contributed by atoms with Gasteiger partial charge in [-0.1, -0.05) is 35.9 Å². The van der Waals surface area contributed by atoms with Crippen molar-refractivity contribution in [1.82, 2.24) is 15.2 Å². The highest BCUT2D eigenvalue weighted by Gasteiger charge is 2.36. The summed E-state index contributed by atoms with van der Waals surface area (Å²) in [5.41, 5.74) is 0.930. The van der Waals surface area contributed by atoms with Crippen molar-refractivity contribution < 1.29 is 9.59 Å². The number of nitrogens with one attached hydrogen (secondary N) is 1. The van der Waals surface area contributed by atoms with E-state index in [0.717, 1.165) is 0 Å². The fourth-order valence-electron chi connectivity index (χ4n) is 2.53. The molecule has 3 rings (SSSR count). The molecule has 2 aromatic rings. The summed E-state index contributed by atoms with van der Waals surface area (Å²) >= 11 is 6.21.